The zero-order chi connectivity index (χ0) is 12.3. The van der Waals surface area contributed by atoms with Gasteiger partial charge in [0.1, 0.15) is 0 Å². The molecule has 0 amide bonds. The lowest BCUT2D eigenvalue weighted by Gasteiger charge is -2.15. The molecule has 0 aliphatic carbocycles. The summed E-state index contributed by atoms with van der Waals surface area (Å²) in [4.78, 5) is 4.09. The Hall–Kier alpha value is -1.81. The Kier molecular flexibility index (Phi) is 3.44. The third-order valence-corrected chi connectivity index (χ3v) is 2.74. The van der Waals surface area contributed by atoms with Gasteiger partial charge in [-0.3, -0.25) is 4.98 Å². The van der Waals surface area contributed by atoms with Crippen molar-refractivity contribution in [2.45, 2.75) is 26.3 Å². The monoisotopic (exact) mass is 228 g/mol. The van der Waals surface area contributed by atoms with Crippen LogP contribution in [0, 0.1) is 6.92 Å². The lowest BCUT2D eigenvalue weighted by molar-refractivity contribution is 0.786. The first-order valence-corrected chi connectivity index (χ1v) is 5.71. The molecule has 17 heavy (non-hydrogen) atoms. The van der Waals surface area contributed by atoms with Gasteiger partial charge in [-0.25, -0.2) is 0 Å². The van der Waals surface area contributed by atoms with E-state index < -0.39 is 0 Å². The number of nitrogens with zero attached hydrogens (tertiary/aromatic N) is 3. The number of nitrogens with two attached hydrogens (primary N) is 1. The Morgan fingerprint density at radius 1 is 1.35 bits per heavy atom. The molecule has 0 radical (unpaired) electrons. The van der Waals surface area contributed by atoms with Gasteiger partial charge in [-0.15, -0.1) is 0 Å². The molecule has 4 heteroatoms. The molecule has 2 rings (SSSR count). The van der Waals surface area contributed by atoms with E-state index in [-0.39, 0.29) is 6.04 Å². The van der Waals surface area contributed by atoms with E-state index in [0.29, 0.717) is 0 Å². The van der Waals surface area contributed by atoms with Crippen LogP contribution in [0.2, 0.25) is 0 Å². The molecule has 0 aliphatic heterocycles. The second-order valence-electron chi connectivity index (χ2n) is 4.01. The fourth-order valence-corrected chi connectivity index (χ4v) is 1.82. The highest BCUT2D eigenvalue weighted by Crippen LogP contribution is 2.21. The second kappa shape index (κ2) is 5.01. The van der Waals surface area contributed by atoms with Gasteiger partial charge in [-0.05, 0) is 36.6 Å². The Morgan fingerprint density at radius 3 is 2.82 bits per heavy atom. The summed E-state index contributed by atoms with van der Waals surface area (Å²) in [5, 5.41) is 8.26. The highest BCUT2D eigenvalue weighted by atomic mass is 15.1. The predicted molar refractivity (Wildman–Crippen MR) is 66.4 cm³/mol. The van der Waals surface area contributed by atoms with Gasteiger partial charge in [0.05, 0.1) is 17.4 Å². The molecule has 2 heterocycles. The quantitative estimate of drug-likeness (QED) is 0.869. The van der Waals surface area contributed by atoms with Crippen molar-refractivity contribution in [3.8, 4) is 0 Å². The number of aromatic nitrogens is 3. The third-order valence-electron chi connectivity index (χ3n) is 2.74. The molecule has 2 aromatic rings. The van der Waals surface area contributed by atoms with Gasteiger partial charge in [-0.2, -0.15) is 10.2 Å². The van der Waals surface area contributed by atoms with E-state index >= 15 is 0 Å². The van der Waals surface area contributed by atoms with Crippen LogP contribution in [-0.4, -0.2) is 15.2 Å². The number of pyridine rings is 1. The third kappa shape index (κ3) is 2.47. The molecular formula is C13H16N4. The van der Waals surface area contributed by atoms with Crippen molar-refractivity contribution in [3.05, 3.63) is 53.1 Å². The van der Waals surface area contributed by atoms with Crippen LogP contribution in [0.4, 0.5) is 0 Å². The maximum atomic E-state index is 6.25. The molecule has 2 aromatic heterocycles. The number of hydrogen-bond acceptors (Lipinski definition) is 4. The summed E-state index contributed by atoms with van der Waals surface area (Å²) in [5.74, 6) is 0. The summed E-state index contributed by atoms with van der Waals surface area (Å²) >= 11 is 0. The number of rotatable bonds is 3. The molecule has 1 atom stereocenters. The van der Waals surface area contributed by atoms with Crippen molar-refractivity contribution in [2.24, 2.45) is 5.73 Å². The fourth-order valence-electron chi connectivity index (χ4n) is 1.82. The van der Waals surface area contributed by atoms with Crippen LogP contribution in [0.15, 0.2) is 30.6 Å². The summed E-state index contributed by atoms with van der Waals surface area (Å²) < 4.78 is 0. The minimum absolute atomic E-state index is 0.187. The molecule has 0 saturated carbocycles. The predicted octanol–water partition coefficient (Wildman–Crippen LogP) is 1.79. The molecule has 0 saturated heterocycles. The summed E-state index contributed by atoms with van der Waals surface area (Å²) in [6.07, 6.45) is 4.36. The SMILES string of the molecule is CCc1nnc(C)cc1C(N)c1cccnc1. The zero-order valence-electron chi connectivity index (χ0n) is 10.1. The van der Waals surface area contributed by atoms with Gasteiger partial charge >= 0.3 is 0 Å². The van der Waals surface area contributed by atoms with E-state index in [0.717, 1.165) is 28.9 Å². The van der Waals surface area contributed by atoms with E-state index in [1.165, 1.54) is 0 Å². The number of hydrogen-bond donors (Lipinski definition) is 1. The minimum atomic E-state index is -0.187. The standard InChI is InChI=1S/C13H16N4/c1-3-12-11(7-9(2)16-17-12)13(14)10-5-4-6-15-8-10/h4-8,13H,3,14H2,1-2H3. The second-order valence-corrected chi connectivity index (χ2v) is 4.01. The maximum absolute atomic E-state index is 6.25. The van der Waals surface area contributed by atoms with E-state index in [1.807, 2.05) is 25.1 Å². The highest BCUT2D eigenvalue weighted by Gasteiger charge is 2.14. The highest BCUT2D eigenvalue weighted by molar-refractivity contribution is 5.32. The molecule has 0 bridgehead atoms. The summed E-state index contributed by atoms with van der Waals surface area (Å²) in [6.45, 7) is 3.98. The smallest absolute Gasteiger partial charge is 0.0679 e. The molecule has 2 N–H and O–H groups in total. The summed E-state index contributed by atoms with van der Waals surface area (Å²) in [5.41, 5.74) is 10.1. The van der Waals surface area contributed by atoms with Crippen LogP contribution in [0.25, 0.3) is 0 Å². The van der Waals surface area contributed by atoms with Crippen LogP contribution < -0.4 is 5.73 Å². The van der Waals surface area contributed by atoms with Crippen LogP contribution in [0.1, 0.15) is 35.5 Å². The minimum Gasteiger partial charge on any atom is -0.320 e. The van der Waals surface area contributed by atoms with Crippen molar-refractivity contribution in [1.29, 1.82) is 0 Å². The van der Waals surface area contributed by atoms with Gasteiger partial charge in [0.25, 0.3) is 0 Å². The Bertz CT molecular complexity index is 496. The molecule has 1 unspecified atom stereocenters. The largest absolute Gasteiger partial charge is 0.320 e. The average molecular weight is 228 g/mol. The van der Waals surface area contributed by atoms with E-state index in [2.05, 4.69) is 22.1 Å². The van der Waals surface area contributed by atoms with Crippen molar-refractivity contribution in [1.82, 2.24) is 15.2 Å². The molecule has 4 nitrogen and oxygen atoms in total. The first-order chi connectivity index (χ1) is 8.22. The van der Waals surface area contributed by atoms with Crippen molar-refractivity contribution < 1.29 is 0 Å². The van der Waals surface area contributed by atoms with Crippen LogP contribution in [0.5, 0.6) is 0 Å². The van der Waals surface area contributed by atoms with E-state index in [1.54, 1.807) is 12.4 Å². The molecule has 0 aliphatic rings. The molecular weight excluding hydrogens is 212 g/mol. The average Bonchev–Trinajstić information content (AvgIpc) is 2.39. The zero-order valence-corrected chi connectivity index (χ0v) is 10.1. The van der Waals surface area contributed by atoms with Gasteiger partial charge in [-0.1, -0.05) is 13.0 Å². The van der Waals surface area contributed by atoms with Crippen LogP contribution in [0.3, 0.4) is 0 Å². The van der Waals surface area contributed by atoms with Gasteiger partial charge in [0, 0.05) is 12.4 Å². The Morgan fingerprint density at radius 2 is 2.18 bits per heavy atom. The molecule has 0 spiro atoms. The van der Waals surface area contributed by atoms with Gasteiger partial charge in [0.15, 0.2) is 0 Å². The lowest BCUT2D eigenvalue weighted by Crippen LogP contribution is -2.16. The molecule has 0 fully saturated rings. The first kappa shape index (κ1) is 11.7. The van der Waals surface area contributed by atoms with Crippen LogP contribution in [-0.2, 0) is 6.42 Å². The van der Waals surface area contributed by atoms with Crippen molar-refractivity contribution in [3.63, 3.8) is 0 Å². The van der Waals surface area contributed by atoms with Crippen molar-refractivity contribution >= 4 is 0 Å². The van der Waals surface area contributed by atoms with E-state index in [4.69, 9.17) is 5.73 Å². The fraction of sp³-hybridized carbons (Fsp3) is 0.308. The first-order valence-electron chi connectivity index (χ1n) is 5.71. The number of aryl methyl sites for hydroxylation is 2. The lowest BCUT2D eigenvalue weighted by atomic mass is 9.98. The topological polar surface area (TPSA) is 64.7 Å². The van der Waals surface area contributed by atoms with Gasteiger partial charge in [0.2, 0.25) is 0 Å². The van der Waals surface area contributed by atoms with Gasteiger partial charge < -0.3 is 5.73 Å². The van der Waals surface area contributed by atoms with Crippen LogP contribution >= 0.6 is 0 Å². The van der Waals surface area contributed by atoms with Crippen molar-refractivity contribution in [2.75, 3.05) is 0 Å². The van der Waals surface area contributed by atoms with E-state index in [9.17, 15) is 0 Å². The maximum Gasteiger partial charge on any atom is 0.0679 e. The summed E-state index contributed by atoms with van der Waals surface area (Å²) in [6, 6.07) is 5.69. The Balaban J connectivity index is 2.43. The normalized spacial score (nSPS) is 12.4. The Labute approximate surface area is 101 Å². The molecule has 88 valence electrons. The summed E-state index contributed by atoms with van der Waals surface area (Å²) in [7, 11) is 0. The molecule has 0 aromatic carbocycles.